The first kappa shape index (κ1) is 14.9. The van der Waals surface area contributed by atoms with Gasteiger partial charge in [0.1, 0.15) is 0 Å². The molecule has 0 aromatic heterocycles. The maximum Gasteiger partial charge on any atom is 0.0402 e. The highest BCUT2D eigenvalue weighted by Gasteiger charge is 2.26. The molecule has 1 aliphatic rings. The van der Waals surface area contributed by atoms with Crippen LogP contribution >= 0.6 is 15.9 Å². The number of benzene rings is 1. The van der Waals surface area contributed by atoms with E-state index in [1.54, 1.807) is 0 Å². The van der Waals surface area contributed by atoms with Gasteiger partial charge in [-0.2, -0.15) is 0 Å². The summed E-state index contributed by atoms with van der Waals surface area (Å²) < 4.78 is 1.14. The van der Waals surface area contributed by atoms with Gasteiger partial charge < -0.3 is 10.6 Å². The molecule has 19 heavy (non-hydrogen) atoms. The van der Waals surface area contributed by atoms with Crippen molar-refractivity contribution in [2.45, 2.75) is 52.1 Å². The first-order valence-corrected chi connectivity index (χ1v) is 8.07. The maximum atomic E-state index is 6.00. The summed E-state index contributed by atoms with van der Waals surface area (Å²) in [5.74, 6) is 0.897. The van der Waals surface area contributed by atoms with E-state index in [9.17, 15) is 0 Å². The van der Waals surface area contributed by atoms with E-state index in [4.69, 9.17) is 5.73 Å². The summed E-state index contributed by atoms with van der Waals surface area (Å²) in [6, 6.07) is 7.34. The van der Waals surface area contributed by atoms with E-state index < -0.39 is 0 Å². The molecule has 3 heteroatoms. The highest BCUT2D eigenvalue weighted by atomic mass is 79.9. The summed E-state index contributed by atoms with van der Waals surface area (Å²) >= 11 is 3.58. The van der Waals surface area contributed by atoms with Crippen LogP contribution < -0.4 is 10.6 Å². The second-order valence-corrected chi connectivity index (χ2v) is 7.06. The van der Waals surface area contributed by atoms with E-state index in [2.05, 4.69) is 59.8 Å². The predicted molar refractivity (Wildman–Crippen MR) is 86.7 cm³/mol. The van der Waals surface area contributed by atoms with Crippen LogP contribution in [-0.2, 0) is 6.42 Å². The van der Waals surface area contributed by atoms with E-state index in [1.807, 2.05) is 0 Å². The fourth-order valence-corrected chi connectivity index (χ4v) is 2.92. The number of nitrogens with zero attached hydrogens (tertiary/aromatic N) is 1. The number of anilines is 1. The van der Waals surface area contributed by atoms with Crippen molar-refractivity contribution in [3.63, 3.8) is 0 Å². The maximum absolute atomic E-state index is 6.00. The second-order valence-electron chi connectivity index (χ2n) is 6.14. The Morgan fingerprint density at radius 1 is 1.32 bits per heavy atom. The predicted octanol–water partition coefficient (Wildman–Crippen LogP) is 3.96. The lowest BCUT2D eigenvalue weighted by molar-refractivity contribution is 0.637. The van der Waals surface area contributed by atoms with Crippen LogP contribution in [0.25, 0.3) is 0 Å². The molecule has 2 nitrogen and oxygen atoms in total. The van der Waals surface area contributed by atoms with Crippen molar-refractivity contribution in [3.05, 3.63) is 28.2 Å². The Hall–Kier alpha value is -0.540. The molecule has 0 spiro atoms. The molecule has 1 saturated carbocycles. The first-order chi connectivity index (χ1) is 8.97. The van der Waals surface area contributed by atoms with Gasteiger partial charge in [0.15, 0.2) is 0 Å². The Balaban J connectivity index is 2.28. The average molecular weight is 325 g/mol. The first-order valence-electron chi connectivity index (χ1n) is 7.28. The van der Waals surface area contributed by atoms with Crippen molar-refractivity contribution in [2.24, 2.45) is 11.7 Å². The average Bonchev–Trinajstić information content (AvgIpc) is 3.09. The van der Waals surface area contributed by atoms with E-state index in [0.717, 1.165) is 16.8 Å². The van der Waals surface area contributed by atoms with Crippen molar-refractivity contribution in [1.29, 1.82) is 0 Å². The van der Waals surface area contributed by atoms with Crippen molar-refractivity contribution in [1.82, 2.24) is 0 Å². The zero-order chi connectivity index (χ0) is 14.0. The van der Waals surface area contributed by atoms with Crippen LogP contribution in [0.2, 0.25) is 0 Å². The van der Waals surface area contributed by atoms with Crippen LogP contribution in [0, 0.1) is 5.92 Å². The minimum atomic E-state index is 0.197. The molecule has 1 atom stereocenters. The molecule has 1 unspecified atom stereocenters. The molecular formula is C16H25BrN2. The van der Waals surface area contributed by atoms with Crippen LogP contribution in [0.4, 0.5) is 5.69 Å². The highest BCUT2D eigenvalue weighted by Crippen LogP contribution is 2.34. The largest absolute Gasteiger partial charge is 0.369 e. The van der Waals surface area contributed by atoms with Gasteiger partial charge in [0.05, 0.1) is 0 Å². The van der Waals surface area contributed by atoms with Crippen LogP contribution in [-0.4, -0.2) is 18.6 Å². The topological polar surface area (TPSA) is 29.3 Å². The number of hydrogen-bond donors (Lipinski definition) is 1. The van der Waals surface area contributed by atoms with Gasteiger partial charge in [-0.3, -0.25) is 0 Å². The number of halogens is 1. The van der Waals surface area contributed by atoms with Gasteiger partial charge in [-0.1, -0.05) is 15.9 Å². The molecule has 0 saturated heterocycles. The minimum Gasteiger partial charge on any atom is -0.369 e. The fraction of sp³-hybridized carbons (Fsp3) is 0.625. The molecule has 1 fully saturated rings. The van der Waals surface area contributed by atoms with Gasteiger partial charge in [-0.25, -0.2) is 0 Å². The van der Waals surface area contributed by atoms with Gasteiger partial charge in [-0.15, -0.1) is 0 Å². The summed E-state index contributed by atoms with van der Waals surface area (Å²) in [7, 11) is 0. The van der Waals surface area contributed by atoms with Crippen molar-refractivity contribution < 1.29 is 0 Å². The molecule has 1 aromatic rings. The monoisotopic (exact) mass is 324 g/mol. The zero-order valence-corrected chi connectivity index (χ0v) is 13.8. The smallest absolute Gasteiger partial charge is 0.0402 e. The molecule has 0 amide bonds. The number of rotatable bonds is 6. The van der Waals surface area contributed by atoms with Gasteiger partial charge in [0, 0.05) is 28.8 Å². The Morgan fingerprint density at radius 2 is 2.00 bits per heavy atom. The fourth-order valence-electron chi connectivity index (χ4n) is 2.51. The summed E-state index contributed by atoms with van der Waals surface area (Å²) in [5.41, 5.74) is 8.72. The molecular weight excluding hydrogens is 300 g/mol. The van der Waals surface area contributed by atoms with Crippen LogP contribution in [0.15, 0.2) is 22.7 Å². The Labute approximate surface area is 125 Å². The Bertz CT molecular complexity index is 425. The summed E-state index contributed by atoms with van der Waals surface area (Å²) in [6.45, 7) is 7.82. The number of hydrogen-bond acceptors (Lipinski definition) is 2. The van der Waals surface area contributed by atoms with Gasteiger partial charge >= 0.3 is 0 Å². The second kappa shape index (κ2) is 6.27. The molecule has 106 valence electrons. The third-order valence-electron chi connectivity index (χ3n) is 3.67. The molecule has 1 aromatic carbocycles. The standard InChI is InChI=1S/C16H25BrN2/c1-11(2)19(10-13-4-5-13)16-7-6-15(17)9-14(16)8-12(3)18/h6-7,9,11-13H,4-5,8,10,18H2,1-3H3. The third kappa shape index (κ3) is 4.22. The summed E-state index contributed by atoms with van der Waals surface area (Å²) in [5, 5.41) is 0. The molecule has 0 aliphatic heterocycles. The van der Waals surface area contributed by atoms with Crippen molar-refractivity contribution in [2.75, 3.05) is 11.4 Å². The molecule has 2 N–H and O–H groups in total. The van der Waals surface area contributed by atoms with Gasteiger partial charge in [0.2, 0.25) is 0 Å². The molecule has 0 bridgehead atoms. The zero-order valence-electron chi connectivity index (χ0n) is 12.2. The van der Waals surface area contributed by atoms with E-state index in [0.29, 0.717) is 6.04 Å². The van der Waals surface area contributed by atoms with Gasteiger partial charge in [-0.05, 0) is 69.7 Å². The summed E-state index contributed by atoms with van der Waals surface area (Å²) in [4.78, 5) is 2.54. The SMILES string of the molecule is CC(N)Cc1cc(Br)ccc1N(CC1CC1)C(C)C. The Kier molecular flexibility index (Phi) is 4.91. The van der Waals surface area contributed by atoms with Crippen molar-refractivity contribution in [3.8, 4) is 0 Å². The van der Waals surface area contributed by atoms with E-state index in [-0.39, 0.29) is 6.04 Å². The molecule has 0 radical (unpaired) electrons. The lowest BCUT2D eigenvalue weighted by atomic mass is 10.0. The Morgan fingerprint density at radius 3 is 2.53 bits per heavy atom. The quantitative estimate of drug-likeness (QED) is 0.858. The minimum absolute atomic E-state index is 0.197. The lowest BCUT2D eigenvalue weighted by Crippen LogP contribution is -2.34. The third-order valence-corrected chi connectivity index (χ3v) is 4.16. The number of nitrogens with two attached hydrogens (primary N) is 1. The molecule has 1 aliphatic carbocycles. The lowest BCUT2D eigenvalue weighted by Gasteiger charge is -2.31. The molecule has 2 rings (SSSR count). The van der Waals surface area contributed by atoms with Crippen LogP contribution in [0.3, 0.4) is 0 Å². The molecule has 0 heterocycles. The highest BCUT2D eigenvalue weighted by molar-refractivity contribution is 9.10. The van der Waals surface area contributed by atoms with Crippen molar-refractivity contribution >= 4 is 21.6 Å². The van der Waals surface area contributed by atoms with E-state index >= 15 is 0 Å². The van der Waals surface area contributed by atoms with Crippen LogP contribution in [0.5, 0.6) is 0 Å². The van der Waals surface area contributed by atoms with Crippen LogP contribution in [0.1, 0.15) is 39.2 Å². The van der Waals surface area contributed by atoms with Gasteiger partial charge in [0.25, 0.3) is 0 Å². The van der Waals surface area contributed by atoms with E-state index in [1.165, 1.54) is 30.6 Å². The normalized spacial score (nSPS) is 16.7. The summed E-state index contributed by atoms with van der Waals surface area (Å²) in [6.07, 6.45) is 3.72.